The van der Waals surface area contributed by atoms with Crippen molar-refractivity contribution < 1.29 is 23.1 Å². The highest BCUT2D eigenvalue weighted by Gasteiger charge is 2.45. The first-order chi connectivity index (χ1) is 12.9. The Hall–Kier alpha value is -2.55. The molecule has 0 spiro atoms. The number of halogens is 2. The molecule has 2 aliphatic rings. The number of pyridine rings is 1. The molecule has 0 aromatic carbocycles. The first-order valence-corrected chi connectivity index (χ1v) is 8.80. The van der Waals surface area contributed by atoms with Crippen LogP contribution in [0.3, 0.4) is 0 Å². The minimum absolute atomic E-state index is 0.0574. The number of hydrogen-bond donors (Lipinski definition) is 1. The van der Waals surface area contributed by atoms with Crippen molar-refractivity contribution in [3.63, 3.8) is 0 Å². The molecule has 3 rings (SSSR count). The van der Waals surface area contributed by atoms with Crippen molar-refractivity contribution in [1.29, 1.82) is 0 Å². The summed E-state index contributed by atoms with van der Waals surface area (Å²) in [6, 6.07) is 3.44. The van der Waals surface area contributed by atoms with Gasteiger partial charge in [0, 0.05) is 32.6 Å². The Balaban J connectivity index is 1.71. The summed E-state index contributed by atoms with van der Waals surface area (Å²) in [5.74, 6) is -3.63. The monoisotopic (exact) mass is 380 g/mol. The summed E-state index contributed by atoms with van der Waals surface area (Å²) < 4.78 is 33.8. The van der Waals surface area contributed by atoms with Crippen molar-refractivity contribution >= 4 is 17.6 Å². The topological polar surface area (TPSA) is 74.8 Å². The van der Waals surface area contributed by atoms with Crippen molar-refractivity contribution in [3.8, 4) is 0 Å². The summed E-state index contributed by atoms with van der Waals surface area (Å²) in [7, 11) is 0. The molecule has 0 bridgehead atoms. The maximum absolute atomic E-state index is 14.2. The van der Waals surface area contributed by atoms with Gasteiger partial charge >= 0.3 is 0 Å². The minimum Gasteiger partial charge on any atom is -0.378 e. The van der Waals surface area contributed by atoms with Crippen LogP contribution in [0.15, 0.2) is 30.9 Å². The summed E-state index contributed by atoms with van der Waals surface area (Å²) in [6.45, 7) is 5.46. The first kappa shape index (κ1) is 19.2. The number of alkyl halides is 2. The fourth-order valence-corrected chi connectivity index (χ4v) is 3.13. The number of morpholine rings is 1. The SMILES string of the molecule is C=CC(=O)N1CCC(F)(F)[C@H](NC(=O)c2cccc(N3CCOCC3)n2)C1. The van der Waals surface area contributed by atoms with Crippen molar-refractivity contribution in [1.82, 2.24) is 15.2 Å². The van der Waals surface area contributed by atoms with Gasteiger partial charge in [0.05, 0.1) is 13.2 Å². The third-order valence-electron chi connectivity index (χ3n) is 4.72. The van der Waals surface area contributed by atoms with Gasteiger partial charge in [0.15, 0.2) is 0 Å². The molecule has 146 valence electrons. The number of rotatable bonds is 4. The predicted molar refractivity (Wildman–Crippen MR) is 94.9 cm³/mol. The Morgan fingerprint density at radius 2 is 2.04 bits per heavy atom. The summed E-state index contributed by atoms with van der Waals surface area (Å²) in [5.41, 5.74) is 0.0574. The zero-order valence-corrected chi connectivity index (χ0v) is 14.9. The number of carbonyl (C=O) groups is 2. The molecule has 1 aromatic rings. The van der Waals surface area contributed by atoms with Gasteiger partial charge in [-0.15, -0.1) is 0 Å². The molecule has 2 fully saturated rings. The van der Waals surface area contributed by atoms with Crippen LogP contribution in [0.5, 0.6) is 0 Å². The summed E-state index contributed by atoms with van der Waals surface area (Å²) in [6.07, 6.45) is 0.564. The van der Waals surface area contributed by atoms with E-state index in [-0.39, 0.29) is 18.8 Å². The number of carbonyl (C=O) groups excluding carboxylic acids is 2. The van der Waals surface area contributed by atoms with Gasteiger partial charge < -0.3 is 19.9 Å². The third-order valence-corrected chi connectivity index (χ3v) is 4.72. The molecule has 1 atom stereocenters. The maximum Gasteiger partial charge on any atom is 0.271 e. The van der Waals surface area contributed by atoms with E-state index >= 15 is 0 Å². The van der Waals surface area contributed by atoms with Crippen LogP contribution in [-0.4, -0.2) is 73.1 Å². The Morgan fingerprint density at radius 3 is 2.74 bits per heavy atom. The number of hydrogen-bond acceptors (Lipinski definition) is 5. The molecule has 9 heteroatoms. The van der Waals surface area contributed by atoms with E-state index in [4.69, 9.17) is 4.74 Å². The van der Waals surface area contributed by atoms with Gasteiger partial charge in [-0.3, -0.25) is 9.59 Å². The molecule has 7 nitrogen and oxygen atoms in total. The molecular weight excluding hydrogens is 358 g/mol. The van der Waals surface area contributed by atoms with Crippen LogP contribution in [-0.2, 0) is 9.53 Å². The fourth-order valence-electron chi connectivity index (χ4n) is 3.13. The lowest BCUT2D eigenvalue weighted by Gasteiger charge is -2.38. The van der Waals surface area contributed by atoms with Crippen molar-refractivity contribution in [2.24, 2.45) is 0 Å². The average molecular weight is 380 g/mol. The normalized spacial score (nSPS) is 22.2. The predicted octanol–water partition coefficient (Wildman–Crippen LogP) is 1.07. The zero-order valence-electron chi connectivity index (χ0n) is 14.9. The average Bonchev–Trinajstić information content (AvgIpc) is 2.69. The molecule has 0 aliphatic carbocycles. The van der Waals surface area contributed by atoms with Gasteiger partial charge in [-0.25, -0.2) is 13.8 Å². The summed E-state index contributed by atoms with van der Waals surface area (Å²) >= 11 is 0. The maximum atomic E-state index is 14.2. The van der Waals surface area contributed by atoms with E-state index in [2.05, 4.69) is 16.9 Å². The van der Waals surface area contributed by atoms with Crippen LogP contribution in [0.25, 0.3) is 0 Å². The lowest BCUT2D eigenvalue weighted by Crippen LogP contribution is -2.59. The molecule has 27 heavy (non-hydrogen) atoms. The number of amides is 2. The highest BCUT2D eigenvalue weighted by atomic mass is 19.3. The van der Waals surface area contributed by atoms with Crippen molar-refractivity contribution in [3.05, 3.63) is 36.5 Å². The quantitative estimate of drug-likeness (QED) is 0.791. The smallest absolute Gasteiger partial charge is 0.271 e. The number of ether oxygens (including phenoxy) is 1. The molecule has 0 radical (unpaired) electrons. The summed E-state index contributed by atoms with van der Waals surface area (Å²) in [5, 5.41) is 2.34. The molecule has 2 saturated heterocycles. The molecule has 1 N–H and O–H groups in total. The van der Waals surface area contributed by atoms with Crippen molar-refractivity contribution in [2.45, 2.75) is 18.4 Å². The van der Waals surface area contributed by atoms with Gasteiger partial charge in [-0.2, -0.15) is 0 Å². The Kier molecular flexibility index (Phi) is 5.69. The number of piperidine rings is 1. The Labute approximate surface area is 156 Å². The van der Waals surface area contributed by atoms with Gasteiger partial charge in [-0.1, -0.05) is 12.6 Å². The van der Waals surface area contributed by atoms with E-state index in [0.717, 1.165) is 6.08 Å². The molecule has 3 heterocycles. The van der Waals surface area contributed by atoms with Gasteiger partial charge in [0.25, 0.3) is 11.8 Å². The van der Waals surface area contributed by atoms with Crippen LogP contribution in [0.2, 0.25) is 0 Å². The first-order valence-electron chi connectivity index (χ1n) is 8.80. The van der Waals surface area contributed by atoms with E-state index < -0.39 is 30.2 Å². The van der Waals surface area contributed by atoms with E-state index in [1.165, 1.54) is 11.0 Å². The molecule has 2 aliphatic heterocycles. The zero-order chi connectivity index (χ0) is 19.4. The van der Waals surface area contributed by atoms with Crippen LogP contribution in [0, 0.1) is 0 Å². The van der Waals surface area contributed by atoms with Crippen molar-refractivity contribution in [2.75, 3.05) is 44.3 Å². The fraction of sp³-hybridized carbons (Fsp3) is 0.500. The second kappa shape index (κ2) is 7.99. The highest BCUT2D eigenvalue weighted by Crippen LogP contribution is 2.29. The van der Waals surface area contributed by atoms with Crippen LogP contribution < -0.4 is 10.2 Å². The highest BCUT2D eigenvalue weighted by molar-refractivity contribution is 5.93. The van der Waals surface area contributed by atoms with Gasteiger partial charge in [0.1, 0.15) is 17.6 Å². The van der Waals surface area contributed by atoms with Crippen LogP contribution in [0.1, 0.15) is 16.9 Å². The van der Waals surface area contributed by atoms with E-state index in [9.17, 15) is 18.4 Å². The second-order valence-electron chi connectivity index (χ2n) is 6.51. The van der Waals surface area contributed by atoms with Crippen LogP contribution in [0.4, 0.5) is 14.6 Å². The lowest BCUT2D eigenvalue weighted by molar-refractivity contribution is -0.135. The van der Waals surface area contributed by atoms with E-state index in [1.807, 2.05) is 4.90 Å². The van der Waals surface area contributed by atoms with E-state index in [0.29, 0.717) is 32.1 Å². The lowest BCUT2D eigenvalue weighted by atomic mass is 10.0. The molecule has 0 saturated carbocycles. The number of likely N-dealkylation sites (tertiary alicyclic amines) is 1. The number of aromatic nitrogens is 1. The molecule has 0 unspecified atom stereocenters. The number of anilines is 1. The van der Waals surface area contributed by atoms with Crippen LogP contribution >= 0.6 is 0 Å². The molecular formula is C18H22F2N4O3. The minimum atomic E-state index is -3.10. The van der Waals surface area contributed by atoms with Gasteiger partial charge in [0.2, 0.25) is 5.91 Å². The number of nitrogens with one attached hydrogen (secondary N) is 1. The number of nitrogens with zero attached hydrogens (tertiary/aromatic N) is 3. The molecule has 1 aromatic heterocycles. The van der Waals surface area contributed by atoms with E-state index in [1.54, 1.807) is 12.1 Å². The summed E-state index contributed by atoms with van der Waals surface area (Å²) in [4.78, 5) is 31.8. The molecule has 2 amide bonds. The Bertz CT molecular complexity index is 722. The Morgan fingerprint density at radius 1 is 1.30 bits per heavy atom. The third kappa shape index (κ3) is 4.41. The standard InChI is InChI=1S/C18H22F2N4O3/c1-2-16(25)24-7-6-18(19,20)14(12-24)22-17(26)13-4-3-5-15(21-13)23-8-10-27-11-9-23/h2-5,14H,1,6-12H2,(H,22,26)/t14-/m1/s1. The van der Waals surface area contributed by atoms with Gasteiger partial charge in [-0.05, 0) is 18.2 Å². The largest absolute Gasteiger partial charge is 0.378 e. The second-order valence-corrected chi connectivity index (χ2v) is 6.51.